The molecule has 1 heterocycles. The average molecular weight is 461 g/mol. The largest absolute Gasteiger partial charge is 0.469 e. The minimum Gasteiger partial charge on any atom is -0.469 e. The Morgan fingerprint density at radius 2 is 1.94 bits per heavy atom. The van der Waals surface area contributed by atoms with E-state index in [2.05, 4.69) is 26.2 Å². The third-order valence-electron chi connectivity index (χ3n) is 8.81. The number of carbonyl (C=O) groups is 3. The number of ether oxygens (including phenoxy) is 3. The molecule has 4 aliphatic carbocycles. The summed E-state index contributed by atoms with van der Waals surface area (Å²) in [7, 11) is 0.722. The first kappa shape index (κ1) is 21.9. The SMILES string of the molecule is C=C1C[C@]23C[C@@]1(O[Si](C)(C)C)CCC2[C@@]12CC=CC(C(=O)OC)(C(=O)O1)C2[C@@H]3C(=O)OC. The van der Waals surface area contributed by atoms with E-state index in [0.717, 1.165) is 18.4 Å². The lowest BCUT2D eigenvalue weighted by molar-refractivity contribution is -0.168. The van der Waals surface area contributed by atoms with Crippen LogP contribution in [0.15, 0.2) is 24.3 Å². The monoisotopic (exact) mass is 460 g/mol. The van der Waals surface area contributed by atoms with Crippen LogP contribution in [-0.2, 0) is 33.0 Å². The minimum absolute atomic E-state index is 0.0814. The van der Waals surface area contributed by atoms with Gasteiger partial charge in [-0.15, -0.1) is 0 Å². The summed E-state index contributed by atoms with van der Waals surface area (Å²) in [6, 6.07) is 0. The van der Waals surface area contributed by atoms with Gasteiger partial charge in [0, 0.05) is 18.3 Å². The van der Waals surface area contributed by atoms with Gasteiger partial charge in [-0.1, -0.05) is 18.7 Å². The Morgan fingerprint density at radius 1 is 1.22 bits per heavy atom. The smallest absolute Gasteiger partial charge is 0.328 e. The van der Waals surface area contributed by atoms with E-state index in [1.165, 1.54) is 14.2 Å². The highest BCUT2D eigenvalue weighted by Crippen LogP contribution is 2.78. The molecular weight excluding hydrogens is 428 g/mol. The maximum absolute atomic E-state index is 13.5. The van der Waals surface area contributed by atoms with Crippen LogP contribution in [-0.4, -0.2) is 51.6 Å². The highest BCUT2D eigenvalue weighted by atomic mass is 28.4. The molecule has 7 atom stereocenters. The van der Waals surface area contributed by atoms with E-state index in [4.69, 9.17) is 18.6 Å². The van der Waals surface area contributed by atoms with Crippen LogP contribution >= 0.6 is 0 Å². The van der Waals surface area contributed by atoms with Crippen molar-refractivity contribution in [2.45, 2.75) is 62.9 Å². The van der Waals surface area contributed by atoms with Gasteiger partial charge in [0.1, 0.15) is 5.60 Å². The molecule has 1 spiro atoms. The van der Waals surface area contributed by atoms with E-state index in [1.807, 2.05) is 6.08 Å². The second-order valence-electron chi connectivity index (χ2n) is 11.3. The highest BCUT2D eigenvalue weighted by Gasteiger charge is 2.85. The van der Waals surface area contributed by atoms with Crippen LogP contribution < -0.4 is 0 Å². The predicted molar refractivity (Wildman–Crippen MR) is 117 cm³/mol. The molecule has 174 valence electrons. The first-order chi connectivity index (χ1) is 14.9. The Kier molecular flexibility index (Phi) is 4.34. The zero-order valence-electron chi connectivity index (χ0n) is 19.5. The van der Waals surface area contributed by atoms with E-state index in [9.17, 15) is 14.4 Å². The molecule has 1 saturated heterocycles. The number of hydrogen-bond donors (Lipinski definition) is 0. The molecule has 0 aromatic carbocycles. The number of esters is 3. The molecule has 0 N–H and O–H groups in total. The third kappa shape index (κ3) is 2.32. The first-order valence-electron chi connectivity index (χ1n) is 11.4. The number of carbonyl (C=O) groups excluding carboxylic acids is 3. The average Bonchev–Trinajstić information content (AvgIpc) is 3.13. The van der Waals surface area contributed by atoms with Crippen LogP contribution in [0.2, 0.25) is 19.6 Å². The Morgan fingerprint density at radius 3 is 2.56 bits per heavy atom. The van der Waals surface area contributed by atoms with Crippen molar-refractivity contribution in [3.05, 3.63) is 24.3 Å². The molecule has 8 heteroatoms. The van der Waals surface area contributed by atoms with Gasteiger partial charge in [0.25, 0.3) is 0 Å². The topological polar surface area (TPSA) is 88.1 Å². The molecule has 0 amide bonds. The fourth-order valence-corrected chi connectivity index (χ4v) is 9.71. The summed E-state index contributed by atoms with van der Waals surface area (Å²) in [5.74, 6) is -3.11. The summed E-state index contributed by atoms with van der Waals surface area (Å²) < 4.78 is 23.3. The molecule has 5 rings (SSSR count). The quantitative estimate of drug-likeness (QED) is 0.209. The third-order valence-corrected chi connectivity index (χ3v) is 9.81. The maximum Gasteiger partial charge on any atom is 0.328 e. The van der Waals surface area contributed by atoms with E-state index < -0.39 is 60.1 Å². The summed E-state index contributed by atoms with van der Waals surface area (Å²) in [4.78, 5) is 39.8. The van der Waals surface area contributed by atoms with Crippen LogP contribution in [0.4, 0.5) is 0 Å². The Bertz CT molecular complexity index is 966. The lowest BCUT2D eigenvalue weighted by atomic mass is 9.61. The normalized spacial score (nSPS) is 45.8. The van der Waals surface area contributed by atoms with E-state index >= 15 is 0 Å². The lowest BCUT2D eigenvalue weighted by Gasteiger charge is -2.48. The van der Waals surface area contributed by atoms with Gasteiger partial charge in [-0.25, -0.2) is 0 Å². The molecule has 3 saturated carbocycles. The molecule has 7 nitrogen and oxygen atoms in total. The zero-order chi connectivity index (χ0) is 23.3. The van der Waals surface area contributed by atoms with Gasteiger partial charge in [-0.05, 0) is 56.3 Å². The fourth-order valence-electron chi connectivity index (χ4n) is 8.22. The summed E-state index contributed by atoms with van der Waals surface area (Å²) in [6.07, 6.45) is 6.71. The second-order valence-corrected chi connectivity index (χ2v) is 15.7. The van der Waals surface area contributed by atoms with Gasteiger partial charge in [0.2, 0.25) is 0 Å². The van der Waals surface area contributed by atoms with Gasteiger partial charge in [-0.2, -0.15) is 0 Å². The standard InChI is InChI=1S/C24H32O7Si/c1-14-12-21-13-22(14,31-32(4,5)6)11-8-15(21)24-10-7-9-23(19(26)29-3,20(27)30-24)17(24)16(21)18(25)28-2/h7,9,15-17H,1,8,10-13H2,2-6H3/t15?,16-,17?,21+,22+,23?,24-/m1/s1. The predicted octanol–water partition coefficient (Wildman–Crippen LogP) is 3.16. The van der Waals surface area contributed by atoms with Crippen molar-refractivity contribution in [1.29, 1.82) is 0 Å². The van der Waals surface area contributed by atoms with Crippen LogP contribution in [0.1, 0.15) is 32.1 Å². The molecule has 0 aromatic heterocycles. The molecule has 4 fully saturated rings. The lowest BCUT2D eigenvalue weighted by Crippen LogP contribution is -2.50. The van der Waals surface area contributed by atoms with Gasteiger partial charge in [0.15, 0.2) is 13.7 Å². The molecule has 0 radical (unpaired) electrons. The van der Waals surface area contributed by atoms with Crippen molar-refractivity contribution >= 4 is 26.2 Å². The van der Waals surface area contributed by atoms with Crippen molar-refractivity contribution in [2.75, 3.05) is 14.2 Å². The number of hydrogen-bond acceptors (Lipinski definition) is 7. The van der Waals surface area contributed by atoms with Gasteiger partial charge >= 0.3 is 17.9 Å². The summed E-state index contributed by atoms with van der Waals surface area (Å²) in [6.45, 7) is 10.9. The molecule has 5 aliphatic rings. The molecule has 1 aliphatic heterocycles. The van der Waals surface area contributed by atoms with Crippen molar-refractivity contribution in [1.82, 2.24) is 0 Å². The molecular formula is C24H32O7Si. The van der Waals surface area contributed by atoms with Crippen molar-refractivity contribution < 1.29 is 33.0 Å². The van der Waals surface area contributed by atoms with Crippen LogP contribution in [0.3, 0.4) is 0 Å². The number of methoxy groups -OCH3 is 2. The van der Waals surface area contributed by atoms with E-state index in [0.29, 0.717) is 19.3 Å². The molecule has 32 heavy (non-hydrogen) atoms. The second kappa shape index (κ2) is 6.35. The zero-order valence-corrected chi connectivity index (χ0v) is 20.5. The van der Waals surface area contributed by atoms with Crippen molar-refractivity contribution in [3.63, 3.8) is 0 Å². The van der Waals surface area contributed by atoms with E-state index in [-0.39, 0.29) is 5.92 Å². The molecule has 0 aromatic rings. The van der Waals surface area contributed by atoms with Crippen LogP contribution in [0.25, 0.3) is 0 Å². The Labute approximate surface area is 189 Å². The summed E-state index contributed by atoms with van der Waals surface area (Å²) in [5.41, 5.74) is -2.54. The van der Waals surface area contributed by atoms with Gasteiger partial charge in [-0.3, -0.25) is 14.4 Å². The minimum atomic E-state index is -1.91. The number of fused-ring (bicyclic) bond motifs is 1. The highest BCUT2D eigenvalue weighted by molar-refractivity contribution is 6.69. The van der Waals surface area contributed by atoms with Gasteiger partial charge < -0.3 is 18.6 Å². The van der Waals surface area contributed by atoms with Crippen LogP contribution in [0, 0.1) is 28.6 Å². The summed E-state index contributed by atoms with van der Waals surface area (Å²) >= 11 is 0. The first-order valence-corrected chi connectivity index (χ1v) is 14.8. The Balaban J connectivity index is 1.71. The van der Waals surface area contributed by atoms with Crippen LogP contribution in [0.5, 0.6) is 0 Å². The Hall–Kier alpha value is -1.93. The maximum atomic E-state index is 13.5. The van der Waals surface area contributed by atoms with E-state index in [1.54, 1.807) is 6.08 Å². The van der Waals surface area contributed by atoms with Crippen molar-refractivity contribution in [2.24, 2.45) is 28.6 Å². The van der Waals surface area contributed by atoms with Crippen molar-refractivity contribution in [3.8, 4) is 0 Å². The number of rotatable bonds is 4. The molecule has 4 bridgehead atoms. The van der Waals surface area contributed by atoms with Gasteiger partial charge in [0.05, 0.1) is 25.7 Å². The fraction of sp³-hybridized carbons (Fsp3) is 0.708. The summed E-state index contributed by atoms with van der Waals surface area (Å²) in [5, 5.41) is 0. The molecule has 3 unspecified atom stereocenters.